The van der Waals surface area contributed by atoms with Crippen LogP contribution < -0.4 is 0 Å². The molecule has 0 bridgehead atoms. The first-order valence-electron chi connectivity index (χ1n) is 6.23. The molecule has 0 unspecified atom stereocenters. The number of ether oxygens (including phenoxy) is 1. The summed E-state index contributed by atoms with van der Waals surface area (Å²) in [5.41, 5.74) is 2.44. The molecule has 0 radical (unpaired) electrons. The van der Waals surface area contributed by atoms with Gasteiger partial charge in [-0.3, -0.25) is 4.79 Å². The second-order valence-corrected chi connectivity index (χ2v) is 3.07. The van der Waals surface area contributed by atoms with Gasteiger partial charge in [-0.1, -0.05) is 27.7 Å². The lowest BCUT2D eigenvalue weighted by molar-refractivity contribution is -0.141. The molecule has 0 aliphatic rings. The minimum Gasteiger partial charge on any atom is -0.468 e. The molecule has 1 aromatic heterocycles. The standard InChI is InChI=1S/C10H12N2O2.2C2H6/c1-7-8(2)12(5-9(7)4-11)6-10(13)14-3;2*1-2/h5H,6H2,1-3H3;2*1-2H3. The monoisotopic (exact) mass is 252 g/mol. The van der Waals surface area contributed by atoms with Gasteiger partial charge in [0.2, 0.25) is 0 Å². The highest BCUT2D eigenvalue weighted by Crippen LogP contribution is 2.14. The van der Waals surface area contributed by atoms with Crippen molar-refractivity contribution in [1.82, 2.24) is 4.57 Å². The Kier molecular flexibility index (Phi) is 10.7. The molecule has 1 heterocycles. The molecule has 0 aromatic carbocycles. The van der Waals surface area contributed by atoms with Gasteiger partial charge in [0, 0.05) is 11.9 Å². The van der Waals surface area contributed by atoms with Crippen LogP contribution in [0, 0.1) is 25.2 Å². The molecule has 0 N–H and O–H groups in total. The van der Waals surface area contributed by atoms with E-state index < -0.39 is 0 Å². The number of carbonyl (C=O) groups excluding carboxylic acids is 1. The van der Waals surface area contributed by atoms with E-state index in [4.69, 9.17) is 5.26 Å². The van der Waals surface area contributed by atoms with E-state index in [9.17, 15) is 4.79 Å². The highest BCUT2D eigenvalue weighted by Gasteiger charge is 2.10. The number of hydrogen-bond donors (Lipinski definition) is 0. The van der Waals surface area contributed by atoms with E-state index in [1.54, 1.807) is 10.8 Å². The van der Waals surface area contributed by atoms with Gasteiger partial charge in [-0.15, -0.1) is 0 Å². The SMILES string of the molecule is CC.CC.COC(=O)Cn1cc(C#N)c(C)c1C. The molecule has 0 fully saturated rings. The Balaban J connectivity index is 0. The zero-order chi connectivity index (χ0) is 14.7. The predicted octanol–water partition coefficient (Wildman–Crippen LogP) is 3.20. The molecule has 1 rings (SSSR count). The van der Waals surface area contributed by atoms with Crippen molar-refractivity contribution in [2.75, 3.05) is 7.11 Å². The minimum absolute atomic E-state index is 0.158. The van der Waals surface area contributed by atoms with Crippen molar-refractivity contribution in [3.8, 4) is 6.07 Å². The van der Waals surface area contributed by atoms with E-state index in [0.29, 0.717) is 5.56 Å². The van der Waals surface area contributed by atoms with E-state index >= 15 is 0 Å². The number of methoxy groups -OCH3 is 1. The summed E-state index contributed by atoms with van der Waals surface area (Å²) >= 11 is 0. The number of hydrogen-bond acceptors (Lipinski definition) is 3. The van der Waals surface area contributed by atoms with Crippen molar-refractivity contribution in [2.24, 2.45) is 0 Å². The van der Waals surface area contributed by atoms with Crippen LogP contribution in [-0.4, -0.2) is 17.6 Å². The fourth-order valence-electron chi connectivity index (χ4n) is 1.24. The molecule has 18 heavy (non-hydrogen) atoms. The third-order valence-corrected chi connectivity index (χ3v) is 2.31. The summed E-state index contributed by atoms with van der Waals surface area (Å²) in [4.78, 5) is 11.0. The molecule has 0 spiro atoms. The third kappa shape index (κ3) is 5.05. The molecule has 0 aliphatic heterocycles. The van der Waals surface area contributed by atoms with Crippen LogP contribution in [0.25, 0.3) is 0 Å². The van der Waals surface area contributed by atoms with Crippen LogP contribution in [-0.2, 0) is 16.1 Å². The lowest BCUT2D eigenvalue weighted by Crippen LogP contribution is -2.11. The van der Waals surface area contributed by atoms with Gasteiger partial charge < -0.3 is 9.30 Å². The van der Waals surface area contributed by atoms with Crippen molar-refractivity contribution in [2.45, 2.75) is 48.1 Å². The second-order valence-electron chi connectivity index (χ2n) is 3.07. The molecular weight excluding hydrogens is 228 g/mol. The molecular formula is C14H24N2O2. The van der Waals surface area contributed by atoms with Crippen LogP contribution in [0.5, 0.6) is 0 Å². The van der Waals surface area contributed by atoms with Gasteiger partial charge in [-0.2, -0.15) is 5.26 Å². The maximum Gasteiger partial charge on any atom is 0.325 e. The van der Waals surface area contributed by atoms with Crippen LogP contribution in [0.3, 0.4) is 0 Å². The van der Waals surface area contributed by atoms with Crippen LogP contribution in [0.15, 0.2) is 6.20 Å². The predicted molar refractivity (Wildman–Crippen MR) is 73.3 cm³/mol. The van der Waals surface area contributed by atoms with Crippen LogP contribution >= 0.6 is 0 Å². The number of carbonyl (C=O) groups is 1. The minimum atomic E-state index is -0.312. The molecule has 0 amide bonds. The van der Waals surface area contributed by atoms with Gasteiger partial charge in [0.1, 0.15) is 12.6 Å². The molecule has 1 aromatic rings. The summed E-state index contributed by atoms with van der Waals surface area (Å²) in [6, 6.07) is 2.07. The van der Waals surface area contributed by atoms with Crippen molar-refractivity contribution in [1.29, 1.82) is 5.26 Å². The van der Waals surface area contributed by atoms with Gasteiger partial charge in [-0.25, -0.2) is 0 Å². The molecule has 4 heteroatoms. The number of rotatable bonds is 2. The molecule has 0 saturated heterocycles. The lowest BCUT2D eigenvalue weighted by atomic mass is 10.2. The Labute approximate surface area is 110 Å². The number of esters is 1. The highest BCUT2D eigenvalue weighted by atomic mass is 16.5. The first-order chi connectivity index (χ1) is 8.60. The zero-order valence-corrected chi connectivity index (χ0v) is 12.5. The van der Waals surface area contributed by atoms with Crippen LogP contribution in [0.4, 0.5) is 0 Å². The van der Waals surface area contributed by atoms with E-state index in [2.05, 4.69) is 10.8 Å². The Bertz CT molecular complexity index is 401. The van der Waals surface area contributed by atoms with Crippen LogP contribution in [0.1, 0.15) is 44.5 Å². The summed E-state index contributed by atoms with van der Waals surface area (Å²) in [5.74, 6) is -0.312. The fourth-order valence-corrected chi connectivity index (χ4v) is 1.24. The summed E-state index contributed by atoms with van der Waals surface area (Å²) in [5, 5.41) is 8.77. The second kappa shape index (κ2) is 10.4. The Morgan fingerprint density at radius 1 is 1.33 bits per heavy atom. The van der Waals surface area contributed by atoms with Crippen molar-refractivity contribution in [3.05, 3.63) is 23.0 Å². The molecule has 0 saturated carbocycles. The molecule has 0 atom stereocenters. The molecule has 102 valence electrons. The number of nitrogens with zero attached hydrogens (tertiary/aromatic N) is 2. The number of aromatic nitrogens is 1. The van der Waals surface area contributed by atoms with Gasteiger partial charge in [0.25, 0.3) is 0 Å². The largest absolute Gasteiger partial charge is 0.468 e. The van der Waals surface area contributed by atoms with Gasteiger partial charge in [0.05, 0.1) is 12.7 Å². The quantitative estimate of drug-likeness (QED) is 0.759. The first-order valence-corrected chi connectivity index (χ1v) is 6.23. The van der Waals surface area contributed by atoms with Gasteiger partial charge in [0.15, 0.2) is 0 Å². The van der Waals surface area contributed by atoms with Crippen molar-refractivity contribution in [3.63, 3.8) is 0 Å². The van der Waals surface area contributed by atoms with Crippen molar-refractivity contribution < 1.29 is 9.53 Å². The lowest BCUT2D eigenvalue weighted by Gasteiger charge is -2.03. The Morgan fingerprint density at radius 2 is 1.83 bits per heavy atom. The van der Waals surface area contributed by atoms with E-state index in [0.717, 1.165) is 11.3 Å². The topological polar surface area (TPSA) is 55.0 Å². The maximum absolute atomic E-state index is 11.0. The average molecular weight is 252 g/mol. The molecule has 0 aliphatic carbocycles. The number of nitriles is 1. The van der Waals surface area contributed by atoms with E-state index in [1.807, 2.05) is 41.5 Å². The fraction of sp³-hybridized carbons (Fsp3) is 0.571. The smallest absolute Gasteiger partial charge is 0.325 e. The molecule has 4 nitrogen and oxygen atoms in total. The normalized spacial score (nSPS) is 8.11. The van der Waals surface area contributed by atoms with Crippen LogP contribution in [0.2, 0.25) is 0 Å². The van der Waals surface area contributed by atoms with Crippen molar-refractivity contribution >= 4 is 5.97 Å². The summed E-state index contributed by atoms with van der Waals surface area (Å²) < 4.78 is 6.27. The summed E-state index contributed by atoms with van der Waals surface area (Å²) in [6.07, 6.45) is 1.67. The Hall–Kier alpha value is -1.76. The zero-order valence-electron chi connectivity index (χ0n) is 12.5. The third-order valence-electron chi connectivity index (χ3n) is 2.31. The van der Waals surface area contributed by atoms with E-state index in [-0.39, 0.29) is 12.5 Å². The summed E-state index contributed by atoms with van der Waals surface area (Å²) in [7, 11) is 1.35. The van der Waals surface area contributed by atoms with E-state index in [1.165, 1.54) is 7.11 Å². The average Bonchev–Trinajstić information content (AvgIpc) is 2.71. The first kappa shape index (κ1) is 18.6. The van der Waals surface area contributed by atoms with Gasteiger partial charge >= 0.3 is 5.97 Å². The Morgan fingerprint density at radius 3 is 2.17 bits per heavy atom. The maximum atomic E-state index is 11.0. The highest BCUT2D eigenvalue weighted by molar-refractivity contribution is 5.69. The van der Waals surface area contributed by atoms with Gasteiger partial charge in [-0.05, 0) is 19.4 Å². The summed E-state index contributed by atoms with van der Waals surface area (Å²) in [6.45, 7) is 11.9.